The molecular formula is C30H28Br2N4O6S. The minimum Gasteiger partial charge on any atom is -0.477 e. The monoisotopic (exact) mass is 730 g/mol. The van der Waals surface area contributed by atoms with Crippen molar-refractivity contribution in [3.63, 3.8) is 0 Å². The number of aryl methyl sites for hydroxylation is 2. The Bertz CT molecular complexity index is 1640. The Morgan fingerprint density at radius 3 is 1.42 bits per heavy atom. The topological polar surface area (TPSA) is 131 Å². The van der Waals surface area contributed by atoms with Crippen molar-refractivity contribution in [3.05, 3.63) is 87.8 Å². The van der Waals surface area contributed by atoms with E-state index < -0.39 is 9.85 Å². The molecule has 0 aliphatic carbocycles. The van der Waals surface area contributed by atoms with Crippen molar-refractivity contribution in [2.75, 3.05) is 13.2 Å². The van der Waals surface area contributed by atoms with Gasteiger partial charge in [-0.1, -0.05) is 36.4 Å². The molecule has 13 heteroatoms. The summed E-state index contributed by atoms with van der Waals surface area (Å²) in [6.45, 7) is 11.6. The molecule has 0 radical (unpaired) electrons. The van der Waals surface area contributed by atoms with Crippen LogP contribution in [0.1, 0.15) is 36.1 Å². The van der Waals surface area contributed by atoms with Crippen molar-refractivity contribution in [3.8, 4) is 34.0 Å². The van der Waals surface area contributed by atoms with Gasteiger partial charge in [-0.25, -0.2) is 0 Å². The SMILES string of the molecule is CCOc1nc(Sc2nc(OCC)c(Br)c(-c3cccc(C)c3C)c2[N+](=O)[O-])c([N+](=O)[O-])c(-c2cccc(C)c2C)c1Br. The van der Waals surface area contributed by atoms with E-state index >= 15 is 0 Å². The van der Waals surface area contributed by atoms with E-state index in [2.05, 4.69) is 41.8 Å². The number of nitrogens with zero attached hydrogens (tertiary/aromatic N) is 4. The zero-order valence-corrected chi connectivity index (χ0v) is 28.3. The maximum absolute atomic E-state index is 12.7. The van der Waals surface area contributed by atoms with E-state index in [1.165, 1.54) is 0 Å². The zero-order valence-electron chi connectivity index (χ0n) is 24.3. The number of aromatic nitrogens is 2. The van der Waals surface area contributed by atoms with Gasteiger partial charge in [0.1, 0.15) is 0 Å². The zero-order chi connectivity index (χ0) is 31.6. The van der Waals surface area contributed by atoms with Crippen LogP contribution in [0.15, 0.2) is 55.4 Å². The standard InChI is InChI=1S/C30H28Br2N4O6S/c1-7-41-27-23(31)21(19-13-9-11-15(3)17(19)5)25(35(37)38)29(33-27)43-30-26(36(39)40)22(24(32)28(34-30)42-8-2)20-14-10-12-16(4)18(20)6/h9-14H,7-8H2,1-6H3. The molecule has 0 fully saturated rings. The lowest BCUT2D eigenvalue weighted by atomic mass is 9.96. The average Bonchev–Trinajstić information content (AvgIpc) is 2.95. The molecule has 0 bridgehead atoms. The minimum atomic E-state index is -0.535. The molecule has 2 aromatic carbocycles. The molecule has 2 heterocycles. The predicted octanol–water partition coefficient (Wildman–Crippen LogP) is 9.33. The van der Waals surface area contributed by atoms with Crippen LogP contribution >= 0.6 is 43.6 Å². The first-order valence-electron chi connectivity index (χ1n) is 13.2. The normalized spacial score (nSPS) is 11.0. The van der Waals surface area contributed by atoms with Crippen molar-refractivity contribution in [2.45, 2.75) is 51.6 Å². The summed E-state index contributed by atoms with van der Waals surface area (Å²) in [4.78, 5) is 33.4. The molecule has 4 rings (SSSR count). The molecule has 0 aliphatic rings. The van der Waals surface area contributed by atoms with Crippen LogP contribution in [0.3, 0.4) is 0 Å². The van der Waals surface area contributed by atoms with Gasteiger partial charge >= 0.3 is 11.4 Å². The van der Waals surface area contributed by atoms with Crippen LogP contribution in [-0.4, -0.2) is 33.0 Å². The van der Waals surface area contributed by atoms with E-state index in [4.69, 9.17) is 9.47 Å². The van der Waals surface area contributed by atoms with Gasteiger partial charge in [0.05, 0.1) is 43.1 Å². The molecule has 4 aromatic rings. The number of hydrogen-bond donors (Lipinski definition) is 0. The molecule has 224 valence electrons. The van der Waals surface area contributed by atoms with Crippen molar-refractivity contribution < 1.29 is 19.3 Å². The summed E-state index contributed by atoms with van der Waals surface area (Å²) in [7, 11) is 0. The summed E-state index contributed by atoms with van der Waals surface area (Å²) in [5.41, 5.74) is 4.59. The molecular weight excluding hydrogens is 704 g/mol. The third kappa shape index (κ3) is 6.24. The summed E-state index contributed by atoms with van der Waals surface area (Å²) in [6, 6.07) is 11.0. The second-order valence-electron chi connectivity index (χ2n) is 9.50. The van der Waals surface area contributed by atoms with E-state index in [-0.39, 0.29) is 57.5 Å². The predicted molar refractivity (Wildman–Crippen MR) is 173 cm³/mol. The van der Waals surface area contributed by atoms with Crippen LogP contribution in [0.4, 0.5) is 11.4 Å². The second-order valence-corrected chi connectivity index (χ2v) is 12.1. The van der Waals surface area contributed by atoms with Crippen molar-refractivity contribution in [1.29, 1.82) is 0 Å². The number of pyridine rings is 2. The highest BCUT2D eigenvalue weighted by Gasteiger charge is 2.35. The van der Waals surface area contributed by atoms with Crippen LogP contribution < -0.4 is 9.47 Å². The summed E-state index contributed by atoms with van der Waals surface area (Å²) in [5.74, 6) is 0.233. The first kappa shape index (κ1) is 32.4. The molecule has 0 amide bonds. The van der Waals surface area contributed by atoms with Crippen LogP contribution in [0.5, 0.6) is 11.8 Å². The summed E-state index contributed by atoms with van der Waals surface area (Å²) in [5, 5.41) is 25.3. The highest BCUT2D eigenvalue weighted by Crippen LogP contribution is 2.52. The minimum absolute atomic E-state index is 0.111. The second kappa shape index (κ2) is 13.4. The van der Waals surface area contributed by atoms with Crippen LogP contribution in [0.25, 0.3) is 22.3 Å². The molecule has 0 saturated carbocycles. The molecule has 43 heavy (non-hydrogen) atoms. The van der Waals surface area contributed by atoms with Gasteiger partial charge in [0.25, 0.3) is 0 Å². The molecule has 2 aromatic heterocycles. The molecule has 0 spiro atoms. The first-order chi connectivity index (χ1) is 20.4. The van der Waals surface area contributed by atoms with Crippen molar-refractivity contribution in [1.82, 2.24) is 9.97 Å². The molecule has 10 nitrogen and oxygen atoms in total. The number of rotatable bonds is 10. The van der Waals surface area contributed by atoms with Crippen molar-refractivity contribution >= 4 is 55.0 Å². The van der Waals surface area contributed by atoms with Gasteiger partial charge in [-0.3, -0.25) is 20.2 Å². The number of halogens is 2. The van der Waals surface area contributed by atoms with E-state index in [1.54, 1.807) is 26.0 Å². The van der Waals surface area contributed by atoms with E-state index in [0.29, 0.717) is 20.1 Å². The maximum Gasteiger partial charge on any atom is 0.310 e. The van der Waals surface area contributed by atoms with Gasteiger partial charge in [-0.15, -0.1) is 0 Å². The first-order valence-corrected chi connectivity index (χ1v) is 15.6. The van der Waals surface area contributed by atoms with Crippen LogP contribution in [-0.2, 0) is 0 Å². The summed E-state index contributed by atoms with van der Waals surface area (Å²) >= 11 is 7.73. The van der Waals surface area contributed by atoms with E-state index in [0.717, 1.165) is 34.0 Å². The lowest BCUT2D eigenvalue weighted by molar-refractivity contribution is -0.388. The van der Waals surface area contributed by atoms with Gasteiger partial charge < -0.3 is 9.47 Å². The fourth-order valence-electron chi connectivity index (χ4n) is 4.60. The van der Waals surface area contributed by atoms with Gasteiger partial charge in [0.15, 0.2) is 10.1 Å². The fraction of sp³-hybridized carbons (Fsp3) is 0.267. The molecule has 0 unspecified atom stereocenters. The number of ether oxygens (including phenoxy) is 2. The molecule has 0 saturated heterocycles. The smallest absolute Gasteiger partial charge is 0.310 e. The summed E-state index contributed by atoms with van der Waals surface area (Å²) < 4.78 is 12.2. The van der Waals surface area contributed by atoms with Gasteiger partial charge in [-0.05, 0) is 119 Å². The highest BCUT2D eigenvalue weighted by atomic mass is 79.9. The molecule has 0 atom stereocenters. The Morgan fingerprint density at radius 1 is 0.721 bits per heavy atom. The Kier molecular flexibility index (Phi) is 10.1. The third-order valence-electron chi connectivity index (χ3n) is 6.97. The average molecular weight is 732 g/mol. The lowest BCUT2D eigenvalue weighted by Gasteiger charge is -2.17. The Labute approximate surface area is 269 Å². The van der Waals surface area contributed by atoms with Gasteiger partial charge in [0, 0.05) is 0 Å². The molecule has 0 N–H and O–H groups in total. The van der Waals surface area contributed by atoms with Crippen LogP contribution in [0, 0.1) is 47.9 Å². The largest absolute Gasteiger partial charge is 0.477 e. The lowest BCUT2D eigenvalue weighted by Crippen LogP contribution is -2.06. The quantitative estimate of drug-likeness (QED) is 0.116. The summed E-state index contributed by atoms with van der Waals surface area (Å²) in [6.07, 6.45) is 0. The maximum atomic E-state index is 12.7. The van der Waals surface area contributed by atoms with Crippen molar-refractivity contribution in [2.24, 2.45) is 0 Å². The highest BCUT2D eigenvalue weighted by molar-refractivity contribution is 9.11. The van der Waals surface area contributed by atoms with Gasteiger partial charge in [-0.2, -0.15) is 9.97 Å². The third-order valence-corrected chi connectivity index (χ3v) is 9.40. The number of benzene rings is 2. The fourth-order valence-corrected chi connectivity index (χ4v) is 6.79. The number of nitro groups is 2. The Morgan fingerprint density at radius 2 is 1.09 bits per heavy atom. The van der Waals surface area contributed by atoms with Gasteiger partial charge in [0.2, 0.25) is 11.8 Å². The van der Waals surface area contributed by atoms with E-state index in [1.807, 2.05) is 52.0 Å². The number of hydrogen-bond acceptors (Lipinski definition) is 9. The molecule has 0 aliphatic heterocycles. The Balaban J connectivity index is 2.11. The Hall–Kier alpha value is -3.55. The van der Waals surface area contributed by atoms with E-state index in [9.17, 15) is 20.2 Å². The van der Waals surface area contributed by atoms with Crippen LogP contribution in [0.2, 0.25) is 0 Å².